The number of aromatic carboxylic acids is 1. The van der Waals surface area contributed by atoms with Crippen LogP contribution in [0.1, 0.15) is 21.5 Å². The van der Waals surface area contributed by atoms with Gasteiger partial charge in [-0.05, 0) is 36.8 Å². The number of hydrogen-bond acceptors (Lipinski definition) is 3. The highest BCUT2D eigenvalue weighted by atomic mass is 16.5. The van der Waals surface area contributed by atoms with Crippen molar-refractivity contribution in [1.29, 1.82) is 0 Å². The molecule has 5 heteroatoms. The molecule has 114 valence electrons. The van der Waals surface area contributed by atoms with E-state index in [1.807, 2.05) is 0 Å². The number of carboxylic acids is 1. The van der Waals surface area contributed by atoms with E-state index in [1.165, 1.54) is 6.07 Å². The Hall–Kier alpha value is -2.82. The molecule has 0 saturated carbocycles. The number of aryl methyl sites for hydroxylation is 1. The number of anilines is 1. The molecule has 1 amide bonds. The van der Waals surface area contributed by atoms with Gasteiger partial charge in [0.05, 0.1) is 24.8 Å². The third-order valence-electron chi connectivity index (χ3n) is 3.20. The van der Waals surface area contributed by atoms with Crippen LogP contribution >= 0.6 is 0 Å². The SMILES string of the molecule is COc1ccc(CC(=O)Nc2ccc(C)cc2C(=O)O)cc1. The summed E-state index contributed by atoms with van der Waals surface area (Å²) in [5.74, 6) is -0.615. The van der Waals surface area contributed by atoms with Crippen LogP contribution in [0.5, 0.6) is 5.75 Å². The Labute approximate surface area is 128 Å². The van der Waals surface area contributed by atoms with Crippen LogP contribution in [0.25, 0.3) is 0 Å². The smallest absolute Gasteiger partial charge is 0.337 e. The number of carbonyl (C=O) groups excluding carboxylic acids is 1. The maximum atomic E-state index is 12.1. The molecule has 0 saturated heterocycles. The first kappa shape index (κ1) is 15.6. The highest BCUT2D eigenvalue weighted by Crippen LogP contribution is 2.18. The number of benzene rings is 2. The topological polar surface area (TPSA) is 75.6 Å². The predicted octanol–water partition coefficient (Wildman–Crippen LogP) is 2.88. The quantitative estimate of drug-likeness (QED) is 0.890. The maximum Gasteiger partial charge on any atom is 0.337 e. The number of nitrogens with one attached hydrogen (secondary N) is 1. The van der Waals surface area contributed by atoms with Crippen LogP contribution in [0.3, 0.4) is 0 Å². The van der Waals surface area contributed by atoms with E-state index in [-0.39, 0.29) is 17.9 Å². The van der Waals surface area contributed by atoms with Gasteiger partial charge < -0.3 is 15.2 Å². The first-order chi connectivity index (χ1) is 10.5. The summed E-state index contributed by atoms with van der Waals surface area (Å²) >= 11 is 0. The predicted molar refractivity (Wildman–Crippen MR) is 83.5 cm³/mol. The standard InChI is InChI=1S/C17H17NO4/c1-11-3-8-15(14(9-11)17(20)21)18-16(19)10-12-4-6-13(22-2)7-5-12/h3-9H,10H2,1-2H3,(H,18,19)(H,20,21). The van der Waals surface area contributed by atoms with Crippen molar-refractivity contribution in [3.05, 3.63) is 59.2 Å². The first-order valence-corrected chi connectivity index (χ1v) is 6.76. The molecule has 0 aliphatic heterocycles. The minimum atomic E-state index is -1.07. The molecule has 0 atom stereocenters. The Bertz CT molecular complexity index is 692. The number of hydrogen-bond donors (Lipinski definition) is 2. The summed E-state index contributed by atoms with van der Waals surface area (Å²) in [6.45, 7) is 1.80. The van der Waals surface area contributed by atoms with Crippen LogP contribution in [0.4, 0.5) is 5.69 Å². The molecule has 2 aromatic carbocycles. The van der Waals surface area contributed by atoms with Gasteiger partial charge in [0.2, 0.25) is 5.91 Å². The zero-order valence-electron chi connectivity index (χ0n) is 12.4. The van der Waals surface area contributed by atoms with Crippen LogP contribution in [0, 0.1) is 6.92 Å². The van der Waals surface area contributed by atoms with Crippen molar-refractivity contribution in [3.63, 3.8) is 0 Å². The molecule has 0 bridgehead atoms. The van der Waals surface area contributed by atoms with Crippen molar-refractivity contribution in [2.24, 2.45) is 0 Å². The van der Waals surface area contributed by atoms with E-state index in [1.54, 1.807) is 50.4 Å². The largest absolute Gasteiger partial charge is 0.497 e. The molecule has 2 aromatic rings. The van der Waals surface area contributed by atoms with E-state index < -0.39 is 5.97 Å². The second kappa shape index (κ2) is 6.76. The number of methoxy groups -OCH3 is 1. The van der Waals surface area contributed by atoms with Gasteiger partial charge in [-0.3, -0.25) is 4.79 Å². The molecule has 0 radical (unpaired) electrons. The van der Waals surface area contributed by atoms with Gasteiger partial charge in [0, 0.05) is 0 Å². The Morgan fingerprint density at radius 3 is 2.41 bits per heavy atom. The van der Waals surface area contributed by atoms with Gasteiger partial charge in [0.25, 0.3) is 0 Å². The molecular formula is C17H17NO4. The molecule has 0 aliphatic carbocycles. The second-order valence-corrected chi connectivity index (χ2v) is 4.93. The Balaban J connectivity index is 2.10. The fourth-order valence-electron chi connectivity index (χ4n) is 2.07. The summed E-state index contributed by atoms with van der Waals surface area (Å²) in [7, 11) is 1.58. The molecular weight excluding hydrogens is 282 g/mol. The molecule has 0 spiro atoms. The zero-order chi connectivity index (χ0) is 16.1. The molecule has 0 aliphatic rings. The van der Waals surface area contributed by atoms with E-state index in [2.05, 4.69) is 5.32 Å². The Morgan fingerprint density at radius 1 is 1.14 bits per heavy atom. The molecule has 2 rings (SSSR count). The minimum absolute atomic E-state index is 0.0862. The number of carbonyl (C=O) groups is 2. The first-order valence-electron chi connectivity index (χ1n) is 6.76. The van der Waals surface area contributed by atoms with Gasteiger partial charge in [-0.1, -0.05) is 23.8 Å². The number of rotatable bonds is 5. The molecule has 0 aromatic heterocycles. The van der Waals surface area contributed by atoms with Gasteiger partial charge in [-0.15, -0.1) is 0 Å². The lowest BCUT2D eigenvalue weighted by atomic mass is 10.1. The van der Waals surface area contributed by atoms with Gasteiger partial charge in [0.15, 0.2) is 0 Å². The third kappa shape index (κ3) is 3.85. The van der Waals surface area contributed by atoms with Crippen molar-refractivity contribution < 1.29 is 19.4 Å². The van der Waals surface area contributed by atoms with Crippen molar-refractivity contribution in [1.82, 2.24) is 0 Å². The van der Waals surface area contributed by atoms with Gasteiger partial charge in [-0.2, -0.15) is 0 Å². The molecule has 0 fully saturated rings. The van der Waals surface area contributed by atoms with Crippen LogP contribution in [-0.4, -0.2) is 24.1 Å². The average Bonchev–Trinajstić information content (AvgIpc) is 2.49. The monoisotopic (exact) mass is 299 g/mol. The van der Waals surface area contributed by atoms with Crippen LogP contribution < -0.4 is 10.1 Å². The summed E-state index contributed by atoms with van der Waals surface area (Å²) in [6.07, 6.45) is 0.164. The Morgan fingerprint density at radius 2 is 1.82 bits per heavy atom. The average molecular weight is 299 g/mol. The van der Waals surface area contributed by atoms with Crippen LogP contribution in [-0.2, 0) is 11.2 Å². The lowest BCUT2D eigenvalue weighted by Gasteiger charge is -2.09. The van der Waals surface area contributed by atoms with E-state index in [0.717, 1.165) is 16.9 Å². The summed E-state index contributed by atoms with van der Waals surface area (Å²) in [6, 6.07) is 12.0. The van der Waals surface area contributed by atoms with Crippen LogP contribution in [0.2, 0.25) is 0 Å². The number of carboxylic acid groups (broad SMARTS) is 1. The lowest BCUT2D eigenvalue weighted by molar-refractivity contribution is -0.115. The molecule has 5 nitrogen and oxygen atoms in total. The maximum absolute atomic E-state index is 12.1. The van der Waals surface area contributed by atoms with Gasteiger partial charge in [0.1, 0.15) is 5.75 Å². The second-order valence-electron chi connectivity index (χ2n) is 4.93. The van der Waals surface area contributed by atoms with Gasteiger partial charge >= 0.3 is 5.97 Å². The summed E-state index contributed by atoms with van der Waals surface area (Å²) in [5.41, 5.74) is 2.03. The van der Waals surface area contributed by atoms with E-state index >= 15 is 0 Å². The summed E-state index contributed by atoms with van der Waals surface area (Å²) < 4.78 is 5.06. The van der Waals surface area contributed by atoms with Crippen LogP contribution in [0.15, 0.2) is 42.5 Å². The van der Waals surface area contributed by atoms with Crippen molar-refractivity contribution in [2.75, 3.05) is 12.4 Å². The lowest BCUT2D eigenvalue weighted by Crippen LogP contribution is -2.16. The third-order valence-corrected chi connectivity index (χ3v) is 3.20. The Kier molecular flexibility index (Phi) is 4.78. The summed E-state index contributed by atoms with van der Waals surface area (Å²) in [4.78, 5) is 23.3. The number of amides is 1. The number of ether oxygens (including phenoxy) is 1. The van der Waals surface area contributed by atoms with Crippen molar-refractivity contribution >= 4 is 17.6 Å². The molecule has 0 heterocycles. The van der Waals surface area contributed by atoms with E-state index in [0.29, 0.717) is 5.69 Å². The summed E-state index contributed by atoms with van der Waals surface area (Å²) in [5, 5.41) is 11.8. The van der Waals surface area contributed by atoms with Crippen molar-refractivity contribution in [3.8, 4) is 5.75 Å². The van der Waals surface area contributed by atoms with Gasteiger partial charge in [-0.25, -0.2) is 4.79 Å². The minimum Gasteiger partial charge on any atom is -0.497 e. The molecule has 2 N–H and O–H groups in total. The zero-order valence-corrected chi connectivity index (χ0v) is 12.4. The fraction of sp³-hybridized carbons (Fsp3) is 0.176. The molecule has 0 unspecified atom stereocenters. The molecule has 22 heavy (non-hydrogen) atoms. The highest BCUT2D eigenvalue weighted by Gasteiger charge is 2.13. The van der Waals surface area contributed by atoms with E-state index in [4.69, 9.17) is 4.74 Å². The van der Waals surface area contributed by atoms with Crippen molar-refractivity contribution in [2.45, 2.75) is 13.3 Å². The highest BCUT2D eigenvalue weighted by molar-refractivity contribution is 6.01. The normalized spacial score (nSPS) is 10.1. The fourth-order valence-corrected chi connectivity index (χ4v) is 2.07. The van der Waals surface area contributed by atoms with E-state index in [9.17, 15) is 14.7 Å².